The van der Waals surface area contributed by atoms with Gasteiger partial charge in [-0.3, -0.25) is 0 Å². The molecular weight excluding hydrogens is 264 g/mol. The van der Waals surface area contributed by atoms with Crippen LogP contribution in [0.1, 0.15) is 46.5 Å². The van der Waals surface area contributed by atoms with Crippen molar-refractivity contribution < 1.29 is 0 Å². The third-order valence-corrected chi connectivity index (χ3v) is 5.26. The second kappa shape index (κ2) is 5.66. The van der Waals surface area contributed by atoms with Crippen molar-refractivity contribution in [2.45, 2.75) is 45.6 Å². The zero-order valence-electron chi connectivity index (χ0n) is 12.2. The molecule has 2 nitrogen and oxygen atoms in total. The topological polar surface area (TPSA) is 38.9 Å². The van der Waals surface area contributed by atoms with Crippen LogP contribution in [0.2, 0.25) is 0 Å². The third kappa shape index (κ3) is 2.65. The molecular formula is C17H22N2S. The number of nitrogens with zero attached hydrogens (tertiary/aromatic N) is 1. The first kappa shape index (κ1) is 13.8. The maximum Gasteiger partial charge on any atom is 0.0969 e. The second-order valence-electron chi connectivity index (χ2n) is 6.10. The van der Waals surface area contributed by atoms with E-state index in [1.54, 1.807) is 0 Å². The Labute approximate surface area is 125 Å². The van der Waals surface area contributed by atoms with Crippen molar-refractivity contribution >= 4 is 11.3 Å². The third-order valence-electron chi connectivity index (χ3n) is 3.98. The number of fused-ring (bicyclic) bond motifs is 1. The molecule has 3 heteroatoms. The molecule has 0 spiro atoms. The summed E-state index contributed by atoms with van der Waals surface area (Å²) in [5.41, 5.74) is 10.1. The standard InChI is InChI=1S/C17H22N2S/c1-11(2)7-15-16(10-18)20-17(19-15)14-8-12-5-3-4-6-13(12)9-14/h3-6,11,14H,7-10,18H2,1-2H3. The van der Waals surface area contributed by atoms with Crippen molar-refractivity contribution in [1.82, 2.24) is 4.98 Å². The van der Waals surface area contributed by atoms with Gasteiger partial charge in [0.05, 0.1) is 10.7 Å². The molecule has 1 aliphatic rings. The monoisotopic (exact) mass is 286 g/mol. The Balaban J connectivity index is 1.84. The van der Waals surface area contributed by atoms with Gasteiger partial charge in [-0.05, 0) is 36.3 Å². The number of thiazole rings is 1. The van der Waals surface area contributed by atoms with Gasteiger partial charge in [-0.2, -0.15) is 0 Å². The molecule has 0 saturated carbocycles. The van der Waals surface area contributed by atoms with E-state index in [-0.39, 0.29) is 0 Å². The minimum Gasteiger partial charge on any atom is -0.326 e. The molecule has 0 saturated heterocycles. The Morgan fingerprint density at radius 1 is 1.25 bits per heavy atom. The molecule has 0 unspecified atom stereocenters. The van der Waals surface area contributed by atoms with E-state index in [1.165, 1.54) is 26.7 Å². The van der Waals surface area contributed by atoms with Gasteiger partial charge < -0.3 is 5.73 Å². The highest BCUT2D eigenvalue weighted by Crippen LogP contribution is 2.36. The number of rotatable bonds is 4. The van der Waals surface area contributed by atoms with Gasteiger partial charge >= 0.3 is 0 Å². The van der Waals surface area contributed by atoms with Crippen molar-refractivity contribution in [2.24, 2.45) is 11.7 Å². The van der Waals surface area contributed by atoms with Gasteiger partial charge in [0.1, 0.15) is 0 Å². The SMILES string of the molecule is CC(C)Cc1nc(C2Cc3ccccc3C2)sc1CN. The predicted octanol–water partition coefficient (Wildman–Crippen LogP) is 3.68. The molecule has 0 bridgehead atoms. The fourth-order valence-electron chi connectivity index (χ4n) is 3.02. The van der Waals surface area contributed by atoms with Gasteiger partial charge in [0.15, 0.2) is 0 Å². The summed E-state index contributed by atoms with van der Waals surface area (Å²) in [6.45, 7) is 5.11. The fourth-order valence-corrected chi connectivity index (χ4v) is 4.09. The molecule has 106 valence electrons. The average molecular weight is 286 g/mol. The quantitative estimate of drug-likeness (QED) is 0.931. The van der Waals surface area contributed by atoms with Crippen LogP contribution in [0, 0.1) is 5.92 Å². The van der Waals surface area contributed by atoms with E-state index in [4.69, 9.17) is 10.7 Å². The Morgan fingerprint density at radius 3 is 2.45 bits per heavy atom. The summed E-state index contributed by atoms with van der Waals surface area (Å²) in [7, 11) is 0. The summed E-state index contributed by atoms with van der Waals surface area (Å²) in [6, 6.07) is 8.78. The molecule has 2 aromatic rings. The maximum absolute atomic E-state index is 5.89. The normalized spacial score (nSPS) is 15.0. The highest BCUT2D eigenvalue weighted by atomic mass is 32.1. The van der Waals surface area contributed by atoms with Crippen molar-refractivity contribution in [3.63, 3.8) is 0 Å². The smallest absolute Gasteiger partial charge is 0.0969 e. The van der Waals surface area contributed by atoms with Crippen LogP contribution in [-0.2, 0) is 25.8 Å². The predicted molar refractivity (Wildman–Crippen MR) is 85.1 cm³/mol. The summed E-state index contributed by atoms with van der Waals surface area (Å²) >= 11 is 1.83. The molecule has 1 aliphatic carbocycles. The number of hydrogen-bond acceptors (Lipinski definition) is 3. The Kier molecular flexibility index (Phi) is 3.90. The summed E-state index contributed by atoms with van der Waals surface area (Å²) in [6.07, 6.45) is 3.31. The van der Waals surface area contributed by atoms with Crippen molar-refractivity contribution in [3.05, 3.63) is 51.0 Å². The van der Waals surface area contributed by atoms with Crippen LogP contribution in [0.4, 0.5) is 0 Å². The van der Waals surface area contributed by atoms with Gasteiger partial charge in [0, 0.05) is 17.3 Å². The molecule has 0 fully saturated rings. The zero-order valence-corrected chi connectivity index (χ0v) is 13.0. The minimum atomic E-state index is 0.559. The largest absolute Gasteiger partial charge is 0.326 e. The lowest BCUT2D eigenvalue weighted by atomic mass is 10.1. The van der Waals surface area contributed by atoms with Crippen LogP contribution in [0.3, 0.4) is 0 Å². The average Bonchev–Trinajstić information content (AvgIpc) is 3.00. The van der Waals surface area contributed by atoms with Gasteiger partial charge in [0.25, 0.3) is 0 Å². The highest BCUT2D eigenvalue weighted by Gasteiger charge is 2.26. The number of aromatic nitrogens is 1. The van der Waals surface area contributed by atoms with E-state index in [1.807, 2.05) is 11.3 Å². The van der Waals surface area contributed by atoms with Crippen LogP contribution >= 0.6 is 11.3 Å². The summed E-state index contributed by atoms with van der Waals surface area (Å²) in [5, 5.41) is 1.29. The number of hydrogen-bond donors (Lipinski definition) is 1. The molecule has 0 radical (unpaired) electrons. The van der Waals surface area contributed by atoms with Crippen molar-refractivity contribution in [2.75, 3.05) is 0 Å². The van der Waals surface area contributed by atoms with Crippen LogP contribution in [0.25, 0.3) is 0 Å². The van der Waals surface area contributed by atoms with E-state index in [0.29, 0.717) is 18.4 Å². The fraction of sp³-hybridized carbons (Fsp3) is 0.471. The van der Waals surface area contributed by atoms with E-state index in [9.17, 15) is 0 Å². The van der Waals surface area contributed by atoms with Crippen LogP contribution in [0.15, 0.2) is 24.3 Å². The molecule has 1 aromatic heterocycles. The summed E-state index contributed by atoms with van der Waals surface area (Å²) in [4.78, 5) is 6.21. The Bertz CT molecular complexity index is 576. The second-order valence-corrected chi connectivity index (χ2v) is 7.21. The number of nitrogens with two attached hydrogens (primary N) is 1. The molecule has 0 amide bonds. The first-order valence-corrected chi connectivity index (χ1v) is 8.24. The van der Waals surface area contributed by atoms with E-state index < -0.39 is 0 Å². The van der Waals surface area contributed by atoms with Crippen LogP contribution in [0.5, 0.6) is 0 Å². The lowest BCUT2D eigenvalue weighted by molar-refractivity contribution is 0.628. The lowest BCUT2D eigenvalue weighted by Gasteiger charge is -2.04. The summed E-state index contributed by atoms with van der Waals surface area (Å²) < 4.78 is 0. The molecule has 2 N–H and O–H groups in total. The number of benzene rings is 1. The van der Waals surface area contributed by atoms with E-state index >= 15 is 0 Å². The molecule has 1 aromatic carbocycles. The molecule has 0 atom stereocenters. The highest BCUT2D eigenvalue weighted by molar-refractivity contribution is 7.11. The van der Waals surface area contributed by atoms with Crippen LogP contribution < -0.4 is 5.73 Å². The zero-order chi connectivity index (χ0) is 14.1. The first-order chi connectivity index (χ1) is 9.67. The van der Waals surface area contributed by atoms with Gasteiger partial charge in [-0.1, -0.05) is 38.1 Å². The van der Waals surface area contributed by atoms with Gasteiger partial charge in [0.2, 0.25) is 0 Å². The molecule has 0 aliphatic heterocycles. The lowest BCUT2D eigenvalue weighted by Crippen LogP contribution is -2.02. The minimum absolute atomic E-state index is 0.559. The van der Waals surface area contributed by atoms with Gasteiger partial charge in [-0.15, -0.1) is 11.3 Å². The van der Waals surface area contributed by atoms with Gasteiger partial charge in [-0.25, -0.2) is 4.98 Å². The first-order valence-electron chi connectivity index (χ1n) is 7.42. The Hall–Kier alpha value is -1.19. The molecule has 20 heavy (non-hydrogen) atoms. The molecule has 1 heterocycles. The summed E-state index contributed by atoms with van der Waals surface area (Å²) in [5.74, 6) is 1.19. The van der Waals surface area contributed by atoms with E-state index in [0.717, 1.165) is 19.3 Å². The van der Waals surface area contributed by atoms with Crippen molar-refractivity contribution in [1.29, 1.82) is 0 Å². The Morgan fingerprint density at radius 2 is 1.90 bits per heavy atom. The van der Waals surface area contributed by atoms with Crippen molar-refractivity contribution in [3.8, 4) is 0 Å². The van der Waals surface area contributed by atoms with Crippen LogP contribution in [-0.4, -0.2) is 4.98 Å². The molecule has 3 rings (SSSR count). The maximum atomic E-state index is 5.89. The van der Waals surface area contributed by atoms with E-state index in [2.05, 4.69) is 38.1 Å².